The Morgan fingerprint density at radius 1 is 0.960 bits per heavy atom. The van der Waals surface area contributed by atoms with Crippen LogP contribution < -0.4 is 10.6 Å². The van der Waals surface area contributed by atoms with Crippen molar-refractivity contribution in [2.75, 3.05) is 33.4 Å². The molecule has 0 spiro atoms. The number of carbonyl (C=O) groups is 2. The lowest BCUT2D eigenvalue weighted by Crippen LogP contribution is -2.33. The second kappa shape index (κ2) is 9.66. The number of ketones is 1. The number of amides is 1. The predicted molar refractivity (Wildman–Crippen MR) is 93.4 cm³/mol. The van der Waals surface area contributed by atoms with E-state index in [9.17, 15) is 14.0 Å². The molecule has 6 heteroatoms. The predicted octanol–water partition coefficient (Wildman–Crippen LogP) is 2.02. The number of methoxy groups -OCH3 is 1. The number of halogens is 1. The molecule has 0 saturated carbocycles. The third-order valence-corrected chi connectivity index (χ3v) is 3.59. The molecule has 0 aromatic heterocycles. The molecular weight excluding hydrogens is 323 g/mol. The van der Waals surface area contributed by atoms with Gasteiger partial charge in [-0.25, -0.2) is 4.39 Å². The Labute approximate surface area is 146 Å². The fraction of sp³-hybridized carbons (Fsp3) is 0.263. The molecule has 2 N–H and O–H groups in total. The smallest absolute Gasteiger partial charge is 0.252 e. The molecule has 0 aliphatic rings. The Balaban J connectivity index is 2.03. The van der Waals surface area contributed by atoms with Crippen molar-refractivity contribution in [2.45, 2.75) is 0 Å². The zero-order valence-electron chi connectivity index (χ0n) is 14.0. The minimum Gasteiger partial charge on any atom is -0.383 e. The van der Waals surface area contributed by atoms with Gasteiger partial charge in [-0.3, -0.25) is 9.59 Å². The van der Waals surface area contributed by atoms with Gasteiger partial charge >= 0.3 is 0 Å². The lowest BCUT2D eigenvalue weighted by atomic mass is 9.98. The van der Waals surface area contributed by atoms with Crippen LogP contribution in [0, 0.1) is 5.82 Å². The van der Waals surface area contributed by atoms with Gasteiger partial charge in [0.25, 0.3) is 5.91 Å². The van der Waals surface area contributed by atoms with E-state index in [-0.39, 0.29) is 11.7 Å². The molecule has 0 heterocycles. The van der Waals surface area contributed by atoms with E-state index >= 15 is 0 Å². The van der Waals surface area contributed by atoms with Crippen molar-refractivity contribution in [1.29, 1.82) is 0 Å². The molecule has 0 aliphatic heterocycles. The number of carbonyl (C=O) groups excluding carboxylic acids is 2. The largest absolute Gasteiger partial charge is 0.383 e. The number of benzene rings is 2. The Hall–Kier alpha value is -2.57. The molecule has 2 rings (SSSR count). The zero-order chi connectivity index (χ0) is 18.1. The van der Waals surface area contributed by atoms with Gasteiger partial charge < -0.3 is 15.4 Å². The first kappa shape index (κ1) is 18.8. The van der Waals surface area contributed by atoms with Crippen LogP contribution in [0.4, 0.5) is 4.39 Å². The van der Waals surface area contributed by atoms with Gasteiger partial charge in [-0.2, -0.15) is 0 Å². The maximum absolute atomic E-state index is 13.0. The van der Waals surface area contributed by atoms with Crippen LogP contribution in [-0.4, -0.2) is 45.0 Å². The topological polar surface area (TPSA) is 67.4 Å². The summed E-state index contributed by atoms with van der Waals surface area (Å²) in [6, 6.07) is 11.9. The van der Waals surface area contributed by atoms with E-state index in [0.29, 0.717) is 42.9 Å². The number of rotatable bonds is 9. The van der Waals surface area contributed by atoms with Crippen LogP contribution in [0.3, 0.4) is 0 Å². The average Bonchev–Trinajstić information content (AvgIpc) is 2.64. The summed E-state index contributed by atoms with van der Waals surface area (Å²) in [6.07, 6.45) is 0. The Bertz CT molecular complexity index is 717. The molecule has 0 saturated heterocycles. The molecule has 2 aromatic rings. The van der Waals surface area contributed by atoms with Gasteiger partial charge in [-0.1, -0.05) is 18.2 Å². The molecule has 0 bridgehead atoms. The number of hydrogen-bond donors (Lipinski definition) is 2. The van der Waals surface area contributed by atoms with Crippen LogP contribution >= 0.6 is 0 Å². The van der Waals surface area contributed by atoms with Crippen LogP contribution in [0.5, 0.6) is 0 Å². The number of hydrogen-bond acceptors (Lipinski definition) is 4. The van der Waals surface area contributed by atoms with Gasteiger partial charge in [0.2, 0.25) is 0 Å². The molecule has 1 amide bonds. The van der Waals surface area contributed by atoms with Crippen molar-refractivity contribution in [3.8, 4) is 0 Å². The first-order valence-corrected chi connectivity index (χ1v) is 8.00. The Kier molecular flexibility index (Phi) is 7.25. The molecular formula is C19H21FN2O3. The minimum atomic E-state index is -0.413. The molecule has 132 valence electrons. The highest BCUT2D eigenvalue weighted by Crippen LogP contribution is 2.15. The van der Waals surface area contributed by atoms with E-state index in [1.807, 2.05) is 0 Å². The molecule has 0 radical (unpaired) electrons. The fourth-order valence-electron chi connectivity index (χ4n) is 2.29. The van der Waals surface area contributed by atoms with E-state index in [0.717, 1.165) is 0 Å². The van der Waals surface area contributed by atoms with Gasteiger partial charge in [-0.15, -0.1) is 0 Å². The average molecular weight is 344 g/mol. The maximum Gasteiger partial charge on any atom is 0.252 e. The SMILES string of the molecule is COCCNCCNC(=O)c1ccccc1C(=O)c1ccc(F)cc1. The highest BCUT2D eigenvalue weighted by Gasteiger charge is 2.17. The van der Waals surface area contributed by atoms with E-state index in [2.05, 4.69) is 10.6 Å². The van der Waals surface area contributed by atoms with Gasteiger partial charge in [0.1, 0.15) is 5.82 Å². The van der Waals surface area contributed by atoms with Gasteiger partial charge in [0.05, 0.1) is 12.2 Å². The van der Waals surface area contributed by atoms with E-state index < -0.39 is 5.82 Å². The first-order chi connectivity index (χ1) is 12.1. The van der Waals surface area contributed by atoms with Gasteiger partial charge in [0.15, 0.2) is 5.78 Å². The molecule has 2 aromatic carbocycles. The van der Waals surface area contributed by atoms with E-state index in [4.69, 9.17) is 4.74 Å². The van der Waals surface area contributed by atoms with Crippen molar-refractivity contribution in [3.05, 3.63) is 71.0 Å². The van der Waals surface area contributed by atoms with Crippen LogP contribution in [0.1, 0.15) is 26.3 Å². The van der Waals surface area contributed by atoms with Crippen molar-refractivity contribution in [3.63, 3.8) is 0 Å². The van der Waals surface area contributed by atoms with Crippen molar-refractivity contribution in [2.24, 2.45) is 0 Å². The second-order valence-electron chi connectivity index (χ2n) is 5.38. The lowest BCUT2D eigenvalue weighted by Gasteiger charge is -2.10. The monoisotopic (exact) mass is 344 g/mol. The normalized spacial score (nSPS) is 10.5. The highest BCUT2D eigenvalue weighted by molar-refractivity contribution is 6.15. The molecule has 25 heavy (non-hydrogen) atoms. The summed E-state index contributed by atoms with van der Waals surface area (Å²) in [5.74, 6) is -1.05. The molecule has 0 aliphatic carbocycles. The summed E-state index contributed by atoms with van der Waals surface area (Å²) in [7, 11) is 1.62. The molecule has 5 nitrogen and oxygen atoms in total. The van der Waals surface area contributed by atoms with Gasteiger partial charge in [-0.05, 0) is 30.3 Å². The highest BCUT2D eigenvalue weighted by atomic mass is 19.1. The fourth-order valence-corrected chi connectivity index (χ4v) is 2.29. The first-order valence-electron chi connectivity index (χ1n) is 8.00. The maximum atomic E-state index is 13.0. The third-order valence-electron chi connectivity index (χ3n) is 3.59. The van der Waals surface area contributed by atoms with Crippen LogP contribution in [0.15, 0.2) is 48.5 Å². The number of nitrogens with one attached hydrogen (secondary N) is 2. The molecule has 0 unspecified atom stereocenters. The Morgan fingerprint density at radius 3 is 2.32 bits per heavy atom. The van der Waals surface area contributed by atoms with Crippen LogP contribution in [-0.2, 0) is 4.74 Å². The molecule has 0 fully saturated rings. The lowest BCUT2D eigenvalue weighted by molar-refractivity contribution is 0.0942. The summed E-state index contributed by atoms with van der Waals surface area (Å²) < 4.78 is 17.9. The summed E-state index contributed by atoms with van der Waals surface area (Å²) in [5.41, 5.74) is 0.926. The standard InChI is InChI=1S/C19H21FN2O3/c1-25-13-12-21-10-11-22-19(24)17-5-3-2-4-16(17)18(23)14-6-8-15(20)9-7-14/h2-9,21H,10-13H2,1H3,(H,22,24). The van der Waals surface area contributed by atoms with Crippen molar-refractivity contribution >= 4 is 11.7 Å². The summed E-state index contributed by atoms with van der Waals surface area (Å²) >= 11 is 0. The third kappa shape index (κ3) is 5.48. The van der Waals surface area contributed by atoms with Crippen molar-refractivity contribution in [1.82, 2.24) is 10.6 Å². The van der Waals surface area contributed by atoms with Crippen LogP contribution in [0.25, 0.3) is 0 Å². The summed E-state index contributed by atoms with van der Waals surface area (Å²) in [5, 5.41) is 5.90. The Morgan fingerprint density at radius 2 is 1.64 bits per heavy atom. The van der Waals surface area contributed by atoms with Gasteiger partial charge in [0, 0.05) is 37.9 Å². The van der Waals surface area contributed by atoms with Crippen molar-refractivity contribution < 1.29 is 18.7 Å². The van der Waals surface area contributed by atoms with E-state index in [1.54, 1.807) is 31.4 Å². The number of ether oxygens (including phenoxy) is 1. The second-order valence-corrected chi connectivity index (χ2v) is 5.38. The quantitative estimate of drug-likeness (QED) is 0.539. The zero-order valence-corrected chi connectivity index (χ0v) is 14.0. The summed E-state index contributed by atoms with van der Waals surface area (Å²) in [4.78, 5) is 25.0. The summed E-state index contributed by atoms with van der Waals surface area (Å²) in [6.45, 7) is 2.33. The minimum absolute atomic E-state index is 0.291. The van der Waals surface area contributed by atoms with E-state index in [1.165, 1.54) is 24.3 Å². The molecule has 0 atom stereocenters. The van der Waals surface area contributed by atoms with Crippen LogP contribution in [0.2, 0.25) is 0 Å².